The third kappa shape index (κ3) is 5.06. The van der Waals surface area contributed by atoms with Crippen LogP contribution in [-0.2, 0) is 17.5 Å². The summed E-state index contributed by atoms with van der Waals surface area (Å²) in [6.07, 6.45) is -3.43. The molecule has 2 heterocycles. The fraction of sp³-hybridized carbons (Fsp3) is 0.375. The van der Waals surface area contributed by atoms with Gasteiger partial charge in [-0.25, -0.2) is 4.98 Å². The Kier molecular flexibility index (Phi) is 6.60. The first-order valence-corrected chi connectivity index (χ1v) is 11.0. The zero-order chi connectivity index (χ0) is 24.5. The third-order valence-electron chi connectivity index (χ3n) is 6.09. The Morgan fingerprint density at radius 2 is 1.85 bits per heavy atom. The van der Waals surface area contributed by atoms with Crippen molar-refractivity contribution in [2.75, 3.05) is 43.4 Å². The monoisotopic (exact) mass is 473 g/mol. The quantitative estimate of drug-likeness (QED) is 0.614. The third-order valence-corrected chi connectivity index (χ3v) is 6.09. The summed E-state index contributed by atoms with van der Waals surface area (Å²) in [5.74, 6) is -0.617. The summed E-state index contributed by atoms with van der Waals surface area (Å²) in [7, 11) is 1.97. The number of carbonyl (C=O) groups is 1. The topological polar surface area (TPSA) is 70.5 Å². The van der Waals surface area contributed by atoms with E-state index in [9.17, 15) is 22.8 Å². The summed E-state index contributed by atoms with van der Waals surface area (Å²) in [6, 6.07) is 9.23. The van der Waals surface area contributed by atoms with Gasteiger partial charge in [-0.1, -0.05) is 12.1 Å². The molecule has 34 heavy (non-hydrogen) atoms. The van der Waals surface area contributed by atoms with Crippen molar-refractivity contribution in [3.63, 3.8) is 0 Å². The van der Waals surface area contributed by atoms with Crippen molar-refractivity contribution in [1.29, 1.82) is 0 Å². The molecule has 2 aromatic carbocycles. The molecule has 0 saturated carbocycles. The molecule has 7 nitrogen and oxygen atoms in total. The van der Waals surface area contributed by atoms with Crippen LogP contribution in [0, 0.1) is 6.92 Å². The van der Waals surface area contributed by atoms with Gasteiger partial charge < -0.3 is 15.1 Å². The summed E-state index contributed by atoms with van der Waals surface area (Å²) in [5, 5.41) is 2.80. The molecule has 1 saturated heterocycles. The molecule has 1 aliphatic heterocycles. The first kappa shape index (κ1) is 23.7. The maximum absolute atomic E-state index is 13.8. The van der Waals surface area contributed by atoms with E-state index in [0.29, 0.717) is 29.7 Å². The van der Waals surface area contributed by atoms with Crippen molar-refractivity contribution in [3.05, 3.63) is 64.2 Å². The van der Waals surface area contributed by atoms with Crippen LogP contribution in [0.1, 0.15) is 17.5 Å². The lowest BCUT2D eigenvalue weighted by molar-refractivity contribution is -0.136. The van der Waals surface area contributed by atoms with E-state index in [-0.39, 0.29) is 24.2 Å². The molecule has 180 valence electrons. The molecule has 4 rings (SSSR count). The molecular formula is C24H26F3N5O2. The number of aromatic nitrogens is 2. The van der Waals surface area contributed by atoms with Crippen molar-refractivity contribution < 1.29 is 18.0 Å². The smallest absolute Gasteiger partial charge is 0.369 e. The van der Waals surface area contributed by atoms with Crippen molar-refractivity contribution in [1.82, 2.24) is 14.5 Å². The number of halogens is 3. The number of amides is 1. The van der Waals surface area contributed by atoms with Crippen LogP contribution in [0.2, 0.25) is 0 Å². The number of alkyl halides is 3. The van der Waals surface area contributed by atoms with Gasteiger partial charge in [0.2, 0.25) is 5.91 Å². The number of anilines is 2. The first-order chi connectivity index (χ1) is 16.1. The van der Waals surface area contributed by atoms with Gasteiger partial charge in [-0.15, -0.1) is 0 Å². The van der Waals surface area contributed by atoms with E-state index in [1.54, 1.807) is 18.2 Å². The number of aryl methyl sites for hydroxylation is 2. The Bertz CT molecular complexity index is 1260. The maximum Gasteiger partial charge on any atom is 0.418 e. The minimum Gasteiger partial charge on any atom is -0.369 e. The highest BCUT2D eigenvalue weighted by Crippen LogP contribution is 2.37. The van der Waals surface area contributed by atoms with Gasteiger partial charge in [0.15, 0.2) is 0 Å². The Hall–Kier alpha value is -3.40. The Balaban J connectivity index is 1.49. The number of rotatable bonds is 5. The van der Waals surface area contributed by atoms with Gasteiger partial charge in [-0.2, -0.15) is 13.2 Å². The molecular weight excluding hydrogens is 447 g/mol. The van der Waals surface area contributed by atoms with E-state index in [2.05, 4.69) is 15.2 Å². The maximum atomic E-state index is 13.8. The first-order valence-electron chi connectivity index (χ1n) is 11.0. The minimum absolute atomic E-state index is 0.00226. The van der Waals surface area contributed by atoms with Gasteiger partial charge in [-0.05, 0) is 43.8 Å². The van der Waals surface area contributed by atoms with Gasteiger partial charge >= 0.3 is 6.18 Å². The Labute approximate surface area is 194 Å². The molecule has 1 amide bonds. The predicted molar refractivity (Wildman–Crippen MR) is 125 cm³/mol. The number of carbonyl (C=O) groups excluding carboxylic acids is 1. The predicted octanol–water partition coefficient (Wildman–Crippen LogP) is 3.50. The highest BCUT2D eigenvalue weighted by molar-refractivity contribution is 5.92. The van der Waals surface area contributed by atoms with E-state index < -0.39 is 17.6 Å². The molecule has 0 unspecified atom stereocenters. The molecule has 0 radical (unpaired) electrons. The lowest BCUT2D eigenvalue weighted by atomic mass is 10.1. The van der Waals surface area contributed by atoms with Gasteiger partial charge in [0.25, 0.3) is 5.56 Å². The zero-order valence-electron chi connectivity index (χ0n) is 19.0. The van der Waals surface area contributed by atoms with Crippen LogP contribution in [0.25, 0.3) is 10.9 Å². The lowest BCUT2D eigenvalue weighted by Crippen LogP contribution is -2.44. The van der Waals surface area contributed by atoms with Crippen LogP contribution in [0.3, 0.4) is 0 Å². The second-order valence-electron chi connectivity index (χ2n) is 8.53. The van der Waals surface area contributed by atoms with Crippen LogP contribution in [-0.4, -0.2) is 53.6 Å². The highest BCUT2D eigenvalue weighted by Gasteiger charge is 2.35. The summed E-state index contributed by atoms with van der Waals surface area (Å²) in [6.45, 7) is 4.65. The molecule has 0 aliphatic carbocycles. The van der Waals surface area contributed by atoms with E-state index in [4.69, 9.17) is 0 Å². The highest BCUT2D eigenvalue weighted by atomic mass is 19.4. The number of benzene rings is 2. The average Bonchev–Trinajstić information content (AvgIpc) is 2.79. The van der Waals surface area contributed by atoms with Crippen molar-refractivity contribution in [2.45, 2.75) is 26.1 Å². The number of piperazine rings is 1. The minimum atomic E-state index is -4.62. The molecule has 0 bridgehead atoms. The van der Waals surface area contributed by atoms with Crippen LogP contribution < -0.4 is 15.8 Å². The SMILES string of the molecule is Cc1cccc2c(=O)n(CCC(=O)Nc3ccc(N4CCN(C)CC4)cc3C(F)(F)F)cnc12. The molecule has 10 heteroatoms. The van der Waals surface area contributed by atoms with Gasteiger partial charge in [-0.3, -0.25) is 14.2 Å². The molecule has 1 aliphatic rings. The second-order valence-corrected chi connectivity index (χ2v) is 8.53. The fourth-order valence-corrected chi connectivity index (χ4v) is 4.07. The van der Waals surface area contributed by atoms with Gasteiger partial charge in [0.1, 0.15) is 0 Å². The normalized spacial score (nSPS) is 15.0. The lowest BCUT2D eigenvalue weighted by Gasteiger charge is -2.34. The number of fused-ring (bicyclic) bond motifs is 1. The van der Waals surface area contributed by atoms with Crippen molar-refractivity contribution >= 4 is 28.2 Å². The standard InChI is InChI=1S/C24H26F3N5O2/c1-16-4-3-5-18-22(16)28-15-32(23(18)34)9-8-21(33)29-20-7-6-17(14-19(20)24(25,26)27)31-12-10-30(2)11-13-31/h3-7,14-15H,8-13H2,1-2H3,(H,29,33). The largest absolute Gasteiger partial charge is 0.418 e. The second kappa shape index (κ2) is 9.46. The van der Waals surface area contributed by atoms with Gasteiger partial charge in [0, 0.05) is 44.8 Å². The molecule has 1 N–H and O–H groups in total. The van der Waals surface area contributed by atoms with Crippen LogP contribution >= 0.6 is 0 Å². The summed E-state index contributed by atoms with van der Waals surface area (Å²) < 4.78 is 42.6. The molecule has 0 spiro atoms. The average molecular weight is 473 g/mol. The van der Waals surface area contributed by atoms with Gasteiger partial charge in [0.05, 0.1) is 28.5 Å². The number of para-hydroxylation sites is 1. The fourth-order valence-electron chi connectivity index (χ4n) is 4.07. The van der Waals surface area contributed by atoms with E-state index in [1.165, 1.54) is 17.0 Å². The number of nitrogens with zero attached hydrogens (tertiary/aromatic N) is 4. The Morgan fingerprint density at radius 1 is 1.12 bits per heavy atom. The van der Waals surface area contributed by atoms with Crippen LogP contribution in [0.4, 0.5) is 24.5 Å². The Morgan fingerprint density at radius 3 is 2.56 bits per heavy atom. The van der Waals surface area contributed by atoms with E-state index in [0.717, 1.165) is 24.7 Å². The van der Waals surface area contributed by atoms with Crippen LogP contribution in [0.15, 0.2) is 47.5 Å². The van der Waals surface area contributed by atoms with Crippen molar-refractivity contribution in [2.24, 2.45) is 0 Å². The number of hydrogen-bond acceptors (Lipinski definition) is 5. The molecule has 1 aromatic heterocycles. The number of likely N-dealkylation sites (N-methyl/N-ethyl adjacent to an activating group) is 1. The van der Waals surface area contributed by atoms with E-state index >= 15 is 0 Å². The molecule has 0 atom stereocenters. The zero-order valence-corrected chi connectivity index (χ0v) is 19.0. The van der Waals surface area contributed by atoms with Crippen LogP contribution in [0.5, 0.6) is 0 Å². The number of hydrogen-bond donors (Lipinski definition) is 1. The number of nitrogens with one attached hydrogen (secondary N) is 1. The summed E-state index contributed by atoms with van der Waals surface area (Å²) >= 11 is 0. The summed E-state index contributed by atoms with van der Waals surface area (Å²) in [5.41, 5.74) is 0.437. The van der Waals surface area contributed by atoms with Crippen molar-refractivity contribution in [3.8, 4) is 0 Å². The molecule has 3 aromatic rings. The molecule has 1 fully saturated rings. The van der Waals surface area contributed by atoms with E-state index in [1.807, 2.05) is 24.9 Å². The summed E-state index contributed by atoms with van der Waals surface area (Å²) in [4.78, 5) is 33.5.